The summed E-state index contributed by atoms with van der Waals surface area (Å²) >= 11 is 0. The SMILES string of the molecule is Cl.O=C(N[C@@H]1CNC[C@H](C(=O)N2CCOCC2)C1)c1cn[nH]n1. The van der Waals surface area contributed by atoms with Gasteiger partial charge in [0.25, 0.3) is 5.91 Å². The van der Waals surface area contributed by atoms with Crippen LogP contribution in [0.5, 0.6) is 0 Å². The Hall–Kier alpha value is -1.71. The molecule has 0 aliphatic carbocycles. The van der Waals surface area contributed by atoms with E-state index in [1.165, 1.54) is 6.20 Å². The molecule has 2 fully saturated rings. The van der Waals surface area contributed by atoms with Gasteiger partial charge in [0, 0.05) is 32.2 Å². The first-order valence-corrected chi connectivity index (χ1v) is 7.48. The van der Waals surface area contributed by atoms with E-state index in [0.717, 1.165) is 0 Å². The molecule has 2 saturated heterocycles. The number of piperidine rings is 1. The van der Waals surface area contributed by atoms with Gasteiger partial charge in [-0.3, -0.25) is 9.59 Å². The number of carbonyl (C=O) groups is 2. The normalized spacial score (nSPS) is 24.6. The highest BCUT2D eigenvalue weighted by Crippen LogP contribution is 2.15. The van der Waals surface area contributed by atoms with Gasteiger partial charge in [0.1, 0.15) is 0 Å². The Kier molecular flexibility index (Phi) is 6.31. The predicted octanol–water partition coefficient (Wildman–Crippen LogP) is -1.21. The summed E-state index contributed by atoms with van der Waals surface area (Å²) in [6.45, 7) is 3.77. The molecule has 2 aliphatic heterocycles. The van der Waals surface area contributed by atoms with Gasteiger partial charge in [-0.05, 0) is 6.42 Å². The second-order valence-corrected chi connectivity index (χ2v) is 5.55. The molecule has 0 unspecified atom stereocenters. The van der Waals surface area contributed by atoms with Gasteiger partial charge in [-0.25, -0.2) is 0 Å². The quantitative estimate of drug-likeness (QED) is 0.634. The van der Waals surface area contributed by atoms with Crippen LogP contribution in [0, 0.1) is 5.92 Å². The van der Waals surface area contributed by atoms with Crippen LogP contribution in [0.4, 0.5) is 0 Å². The molecule has 23 heavy (non-hydrogen) atoms. The molecular weight excluding hydrogens is 324 g/mol. The largest absolute Gasteiger partial charge is 0.378 e. The zero-order valence-corrected chi connectivity index (χ0v) is 13.5. The second kappa shape index (κ2) is 8.23. The smallest absolute Gasteiger partial charge is 0.273 e. The van der Waals surface area contributed by atoms with Gasteiger partial charge in [0.15, 0.2) is 5.69 Å². The summed E-state index contributed by atoms with van der Waals surface area (Å²) in [7, 11) is 0. The molecule has 3 N–H and O–H groups in total. The maximum absolute atomic E-state index is 12.5. The monoisotopic (exact) mass is 344 g/mol. The fourth-order valence-electron chi connectivity index (χ4n) is 2.85. The molecule has 0 saturated carbocycles. The van der Waals surface area contributed by atoms with Crippen molar-refractivity contribution >= 4 is 24.2 Å². The maximum atomic E-state index is 12.5. The number of hydrogen-bond donors (Lipinski definition) is 3. The van der Waals surface area contributed by atoms with Gasteiger partial charge in [-0.1, -0.05) is 0 Å². The van der Waals surface area contributed by atoms with Crippen LogP contribution >= 0.6 is 12.4 Å². The highest BCUT2D eigenvalue weighted by Gasteiger charge is 2.31. The summed E-state index contributed by atoms with van der Waals surface area (Å²) in [5.41, 5.74) is 0.252. The van der Waals surface area contributed by atoms with Crippen LogP contribution in [0.3, 0.4) is 0 Å². The van der Waals surface area contributed by atoms with Gasteiger partial charge >= 0.3 is 0 Å². The zero-order chi connectivity index (χ0) is 15.4. The summed E-state index contributed by atoms with van der Waals surface area (Å²) in [5.74, 6) is -0.259. The first-order chi connectivity index (χ1) is 10.7. The third-order valence-electron chi connectivity index (χ3n) is 4.01. The molecule has 2 atom stereocenters. The Labute approximate surface area is 139 Å². The number of rotatable bonds is 3. The highest BCUT2D eigenvalue weighted by molar-refractivity contribution is 5.92. The lowest BCUT2D eigenvalue weighted by Gasteiger charge is -2.34. The molecule has 1 aromatic rings. The van der Waals surface area contributed by atoms with Gasteiger partial charge in [-0.15, -0.1) is 12.4 Å². The second-order valence-electron chi connectivity index (χ2n) is 5.55. The van der Waals surface area contributed by atoms with Crippen molar-refractivity contribution in [2.24, 2.45) is 5.92 Å². The van der Waals surface area contributed by atoms with Crippen LogP contribution in [0.25, 0.3) is 0 Å². The number of H-pyrrole nitrogens is 1. The lowest BCUT2D eigenvalue weighted by molar-refractivity contribution is -0.140. The average Bonchev–Trinajstić information content (AvgIpc) is 3.10. The molecule has 0 radical (unpaired) electrons. The third-order valence-corrected chi connectivity index (χ3v) is 4.01. The van der Waals surface area contributed by atoms with Crippen LogP contribution in [0.15, 0.2) is 6.20 Å². The molecule has 1 aromatic heterocycles. The predicted molar refractivity (Wildman–Crippen MR) is 83.3 cm³/mol. The molecule has 0 aromatic carbocycles. The highest BCUT2D eigenvalue weighted by atomic mass is 35.5. The van der Waals surface area contributed by atoms with Crippen LogP contribution in [-0.4, -0.2) is 77.6 Å². The first-order valence-electron chi connectivity index (χ1n) is 7.48. The molecule has 3 heterocycles. The number of nitrogens with zero attached hydrogens (tertiary/aromatic N) is 3. The van der Waals surface area contributed by atoms with Crippen LogP contribution in [0.2, 0.25) is 0 Å². The van der Waals surface area contributed by atoms with E-state index in [0.29, 0.717) is 45.8 Å². The lowest BCUT2D eigenvalue weighted by Crippen LogP contribution is -2.54. The Balaban J connectivity index is 0.00000192. The van der Waals surface area contributed by atoms with Crippen molar-refractivity contribution in [3.8, 4) is 0 Å². The van der Waals surface area contributed by atoms with Crippen molar-refractivity contribution in [3.05, 3.63) is 11.9 Å². The Morgan fingerprint density at radius 3 is 2.78 bits per heavy atom. The zero-order valence-electron chi connectivity index (χ0n) is 12.7. The molecule has 10 heteroatoms. The first kappa shape index (κ1) is 17.6. The topological polar surface area (TPSA) is 112 Å². The number of aromatic nitrogens is 3. The standard InChI is InChI=1S/C13H20N6O3.ClH/c20-12(11-8-15-18-17-11)16-10-5-9(6-14-7-10)13(21)19-1-3-22-4-2-19;/h8-10,14H,1-7H2,(H,16,20)(H,15,17,18);1H/t9-,10+;/m1./s1. The van der Waals surface area contributed by atoms with E-state index in [1.807, 2.05) is 4.90 Å². The van der Waals surface area contributed by atoms with E-state index in [9.17, 15) is 9.59 Å². The molecule has 2 amide bonds. The fourth-order valence-corrected chi connectivity index (χ4v) is 2.85. The maximum Gasteiger partial charge on any atom is 0.273 e. The summed E-state index contributed by atoms with van der Waals surface area (Å²) in [6.07, 6.45) is 2.01. The van der Waals surface area contributed by atoms with Crippen LogP contribution in [0.1, 0.15) is 16.9 Å². The van der Waals surface area contributed by atoms with Crippen LogP contribution in [-0.2, 0) is 9.53 Å². The van der Waals surface area contributed by atoms with Crippen molar-refractivity contribution in [3.63, 3.8) is 0 Å². The van der Waals surface area contributed by atoms with Gasteiger partial charge in [0.05, 0.1) is 25.3 Å². The number of halogens is 1. The van der Waals surface area contributed by atoms with Gasteiger partial charge in [0.2, 0.25) is 5.91 Å². The molecule has 2 aliphatic rings. The van der Waals surface area contributed by atoms with Gasteiger partial charge < -0.3 is 20.3 Å². The number of morpholine rings is 1. The summed E-state index contributed by atoms with van der Waals surface area (Å²) in [5, 5.41) is 15.9. The van der Waals surface area contributed by atoms with E-state index < -0.39 is 0 Å². The molecule has 3 rings (SSSR count). The molecule has 128 valence electrons. The van der Waals surface area contributed by atoms with Crippen molar-refractivity contribution in [2.75, 3.05) is 39.4 Å². The molecule has 0 bridgehead atoms. The van der Waals surface area contributed by atoms with Crippen molar-refractivity contribution < 1.29 is 14.3 Å². The van der Waals surface area contributed by atoms with E-state index >= 15 is 0 Å². The van der Waals surface area contributed by atoms with Crippen LogP contribution < -0.4 is 10.6 Å². The Bertz CT molecular complexity index is 520. The number of nitrogens with one attached hydrogen (secondary N) is 3. The van der Waals surface area contributed by atoms with Crippen molar-refractivity contribution in [1.82, 2.24) is 30.9 Å². The summed E-state index contributed by atoms with van der Waals surface area (Å²) < 4.78 is 5.27. The van der Waals surface area contributed by atoms with E-state index in [-0.39, 0.29) is 41.9 Å². The van der Waals surface area contributed by atoms with Crippen molar-refractivity contribution in [1.29, 1.82) is 0 Å². The minimum Gasteiger partial charge on any atom is -0.378 e. The van der Waals surface area contributed by atoms with E-state index in [4.69, 9.17) is 4.74 Å². The van der Waals surface area contributed by atoms with Crippen molar-refractivity contribution in [2.45, 2.75) is 12.5 Å². The van der Waals surface area contributed by atoms with Gasteiger partial charge in [-0.2, -0.15) is 15.4 Å². The van der Waals surface area contributed by atoms with E-state index in [1.54, 1.807) is 0 Å². The number of ether oxygens (including phenoxy) is 1. The number of aromatic amines is 1. The average molecular weight is 345 g/mol. The minimum atomic E-state index is -0.278. The molecule has 0 spiro atoms. The number of carbonyl (C=O) groups excluding carboxylic acids is 2. The third kappa shape index (κ3) is 4.40. The number of amides is 2. The summed E-state index contributed by atoms with van der Waals surface area (Å²) in [6, 6.07) is -0.0899. The number of hydrogen-bond acceptors (Lipinski definition) is 6. The molecule has 9 nitrogen and oxygen atoms in total. The Morgan fingerprint density at radius 2 is 2.09 bits per heavy atom. The fraction of sp³-hybridized carbons (Fsp3) is 0.692. The minimum absolute atomic E-state index is 0. The lowest BCUT2D eigenvalue weighted by atomic mass is 9.94. The van der Waals surface area contributed by atoms with E-state index in [2.05, 4.69) is 26.0 Å². The Morgan fingerprint density at radius 1 is 1.30 bits per heavy atom. The molecular formula is C13H21ClN6O3. The summed E-state index contributed by atoms with van der Waals surface area (Å²) in [4.78, 5) is 26.3.